The molecule has 6 atom stereocenters. The number of amides is 1. The van der Waals surface area contributed by atoms with Crippen molar-refractivity contribution in [2.75, 3.05) is 24.6 Å². The zero-order valence-corrected chi connectivity index (χ0v) is 27.8. The van der Waals surface area contributed by atoms with E-state index < -0.39 is 21.2 Å². The summed E-state index contributed by atoms with van der Waals surface area (Å²) in [5.41, 5.74) is 3.48. The van der Waals surface area contributed by atoms with Crippen molar-refractivity contribution in [1.82, 2.24) is 4.72 Å². The summed E-state index contributed by atoms with van der Waals surface area (Å²) in [6.07, 6.45) is 10.1. The molecule has 2 aliphatic heterocycles. The number of ether oxygens (including phenoxy) is 2. The van der Waals surface area contributed by atoms with Crippen LogP contribution in [0.3, 0.4) is 0 Å². The summed E-state index contributed by atoms with van der Waals surface area (Å²) in [5, 5.41) is 0.00448. The van der Waals surface area contributed by atoms with Crippen molar-refractivity contribution < 1.29 is 22.7 Å². The number of halogens is 1. The highest BCUT2D eigenvalue weighted by Gasteiger charge is 2.44. The second-order valence-corrected chi connectivity index (χ2v) is 16.2. The van der Waals surface area contributed by atoms with Crippen molar-refractivity contribution in [3.63, 3.8) is 0 Å². The minimum atomic E-state index is -3.90. The lowest BCUT2D eigenvalue weighted by molar-refractivity contribution is -0.0430. The number of aryl methyl sites for hydroxylation is 1. The Bertz CT molecular complexity index is 1540. The second-order valence-electron chi connectivity index (χ2n) is 13.8. The van der Waals surface area contributed by atoms with Crippen LogP contribution in [0.15, 0.2) is 48.6 Å². The Morgan fingerprint density at radius 3 is 2.70 bits per heavy atom. The molecule has 2 heterocycles. The fourth-order valence-electron chi connectivity index (χ4n) is 7.60. The van der Waals surface area contributed by atoms with E-state index in [0.29, 0.717) is 30.4 Å². The predicted octanol–water partition coefficient (Wildman–Crippen LogP) is 6.68. The molecule has 2 bridgehead atoms. The number of benzene rings is 2. The Kier molecular flexibility index (Phi) is 8.81. The highest BCUT2D eigenvalue weighted by atomic mass is 35.5. The number of carbonyl (C=O) groups excluding carboxylic acids is 1. The Hall–Kier alpha value is -2.55. The molecule has 1 N–H and O–H groups in total. The first kappa shape index (κ1) is 31.4. The van der Waals surface area contributed by atoms with Crippen molar-refractivity contribution in [3.8, 4) is 5.75 Å². The molecule has 1 saturated carbocycles. The molecule has 1 amide bonds. The van der Waals surface area contributed by atoms with Gasteiger partial charge in [-0.15, -0.1) is 0 Å². The van der Waals surface area contributed by atoms with Gasteiger partial charge < -0.3 is 14.4 Å². The molecule has 6 rings (SSSR count). The van der Waals surface area contributed by atoms with Gasteiger partial charge in [-0.05, 0) is 119 Å². The molecule has 2 aromatic rings. The minimum Gasteiger partial charge on any atom is -0.490 e. The first-order valence-corrected chi connectivity index (χ1v) is 18.1. The Balaban J connectivity index is 1.43. The molecule has 2 aromatic carbocycles. The summed E-state index contributed by atoms with van der Waals surface area (Å²) in [4.78, 5) is 15.8. The topological polar surface area (TPSA) is 84.9 Å². The Morgan fingerprint density at radius 1 is 1.14 bits per heavy atom. The molecule has 0 saturated heterocycles. The number of fused-ring (bicyclic) bond motifs is 4. The number of anilines is 1. The van der Waals surface area contributed by atoms with E-state index in [0.717, 1.165) is 61.7 Å². The van der Waals surface area contributed by atoms with E-state index in [9.17, 15) is 13.2 Å². The van der Waals surface area contributed by atoms with E-state index in [1.807, 2.05) is 25.1 Å². The summed E-state index contributed by atoms with van der Waals surface area (Å²) in [5.74, 6) is 0.684. The van der Waals surface area contributed by atoms with Gasteiger partial charge in [-0.1, -0.05) is 36.7 Å². The molecule has 9 heteroatoms. The van der Waals surface area contributed by atoms with Crippen LogP contribution in [0.25, 0.3) is 0 Å². The average molecular weight is 641 g/mol. The van der Waals surface area contributed by atoms with E-state index in [4.69, 9.17) is 21.1 Å². The highest BCUT2D eigenvalue weighted by Crippen LogP contribution is 2.47. The van der Waals surface area contributed by atoms with E-state index in [-0.39, 0.29) is 23.5 Å². The summed E-state index contributed by atoms with van der Waals surface area (Å²) in [6, 6.07) is 11.6. The average Bonchev–Trinajstić information content (AvgIpc) is 3.10. The van der Waals surface area contributed by atoms with Gasteiger partial charge in [0.25, 0.3) is 5.91 Å². The highest BCUT2D eigenvalue weighted by molar-refractivity contribution is 7.90. The molecule has 7 nitrogen and oxygen atoms in total. The number of carbonyl (C=O) groups is 1. The maximum Gasteiger partial charge on any atom is 0.264 e. The van der Waals surface area contributed by atoms with Crippen LogP contribution in [0.2, 0.25) is 5.02 Å². The lowest BCUT2D eigenvalue weighted by atomic mass is 9.68. The Morgan fingerprint density at radius 2 is 1.95 bits per heavy atom. The van der Waals surface area contributed by atoms with Crippen molar-refractivity contribution in [2.24, 2.45) is 17.8 Å². The van der Waals surface area contributed by atoms with Crippen LogP contribution in [0.4, 0.5) is 5.69 Å². The molecule has 44 heavy (non-hydrogen) atoms. The van der Waals surface area contributed by atoms with Gasteiger partial charge in [0, 0.05) is 29.1 Å². The first-order valence-electron chi connectivity index (χ1n) is 16.1. The van der Waals surface area contributed by atoms with Gasteiger partial charge >= 0.3 is 0 Å². The lowest BCUT2D eigenvalue weighted by Crippen LogP contribution is -2.50. The molecular formula is C35H45ClN2O5S. The number of hydrogen-bond donors (Lipinski definition) is 1. The van der Waals surface area contributed by atoms with Gasteiger partial charge in [-0.3, -0.25) is 4.79 Å². The van der Waals surface area contributed by atoms with Crippen LogP contribution >= 0.6 is 11.6 Å². The normalized spacial score (nSPS) is 32.5. The van der Waals surface area contributed by atoms with E-state index >= 15 is 0 Å². The summed E-state index contributed by atoms with van der Waals surface area (Å²) >= 11 is 6.43. The largest absolute Gasteiger partial charge is 0.490 e. The van der Waals surface area contributed by atoms with Crippen LogP contribution in [0.1, 0.15) is 81.3 Å². The summed E-state index contributed by atoms with van der Waals surface area (Å²) in [6.45, 7) is 9.79. The molecule has 238 valence electrons. The standard InChI is InChI=1S/C35H45ClN2O5S/c1-22(2)43-32-9-5-7-23(3)24(4)44(40,41)37-34(39)26-11-15-33-31(18-26)38(19-27-10-13-29(27)32)20-35(21-42-33)16-6-8-25-17-28(36)12-14-30(25)35/h5,9,11-12,14-15,17-18,22-24,27,29,32H,6-8,10,13,16,19-21H2,1-4H3,(H,37,39)/b9-5-/t23-,24+,27-,29+,32-,35-/m0/s1. The molecule has 0 aromatic heterocycles. The summed E-state index contributed by atoms with van der Waals surface area (Å²) < 4.78 is 42.0. The Labute approximate surface area is 267 Å². The number of allylic oxidation sites excluding steroid dienone is 1. The monoisotopic (exact) mass is 640 g/mol. The SMILES string of the molecule is CC(C)O[C@H]1/C=C\C[C@H](C)[C@@H](C)S(=O)(=O)NC(=O)c2ccc3c(c2)N(C[C@@H]2CC[C@H]21)C[C@@]1(CCCc2cc(Cl)ccc21)CO3. The van der Waals surface area contributed by atoms with Crippen LogP contribution in [-0.4, -0.2) is 51.5 Å². The molecule has 0 radical (unpaired) electrons. The lowest BCUT2D eigenvalue weighted by Gasteiger charge is -2.46. The molecular weight excluding hydrogens is 596 g/mol. The van der Waals surface area contributed by atoms with Crippen LogP contribution < -0.4 is 14.4 Å². The predicted molar refractivity (Wildman–Crippen MR) is 175 cm³/mol. The molecule has 4 aliphatic rings. The van der Waals surface area contributed by atoms with Crippen molar-refractivity contribution in [2.45, 2.75) is 89.1 Å². The number of sulfonamides is 1. The van der Waals surface area contributed by atoms with Crippen molar-refractivity contribution in [1.29, 1.82) is 0 Å². The quantitative estimate of drug-likeness (QED) is 0.369. The smallest absolute Gasteiger partial charge is 0.264 e. The number of nitrogens with one attached hydrogen (secondary N) is 1. The molecule has 1 spiro atoms. The van der Waals surface area contributed by atoms with Gasteiger partial charge in [0.15, 0.2) is 0 Å². The van der Waals surface area contributed by atoms with Crippen molar-refractivity contribution in [3.05, 3.63) is 70.3 Å². The molecule has 0 unspecified atom stereocenters. The zero-order valence-electron chi connectivity index (χ0n) is 26.2. The second kappa shape index (κ2) is 12.3. The van der Waals surface area contributed by atoms with Gasteiger partial charge in [-0.2, -0.15) is 0 Å². The third-order valence-corrected chi connectivity index (χ3v) is 12.6. The third kappa shape index (κ3) is 6.14. The van der Waals surface area contributed by atoms with E-state index in [1.54, 1.807) is 13.0 Å². The van der Waals surface area contributed by atoms with Gasteiger partial charge in [0.1, 0.15) is 5.75 Å². The number of rotatable bonds is 2. The third-order valence-electron chi connectivity index (χ3n) is 10.4. The van der Waals surface area contributed by atoms with Gasteiger partial charge in [0.05, 0.1) is 29.8 Å². The maximum atomic E-state index is 13.4. The van der Waals surface area contributed by atoms with Gasteiger partial charge in [-0.25, -0.2) is 13.1 Å². The van der Waals surface area contributed by atoms with Crippen LogP contribution in [-0.2, 0) is 26.6 Å². The zero-order chi connectivity index (χ0) is 31.2. The minimum absolute atomic E-state index is 0.0407. The van der Waals surface area contributed by atoms with Crippen LogP contribution in [0, 0.1) is 17.8 Å². The maximum absolute atomic E-state index is 13.4. The molecule has 2 aliphatic carbocycles. The van der Waals surface area contributed by atoms with E-state index in [1.165, 1.54) is 11.1 Å². The molecule has 1 fully saturated rings. The summed E-state index contributed by atoms with van der Waals surface area (Å²) in [7, 11) is -3.90. The fourth-order valence-corrected chi connectivity index (χ4v) is 9.08. The first-order chi connectivity index (χ1) is 21.0. The fraction of sp³-hybridized carbons (Fsp3) is 0.571. The van der Waals surface area contributed by atoms with Crippen LogP contribution in [0.5, 0.6) is 5.75 Å². The number of nitrogens with zero attached hydrogens (tertiary/aromatic N) is 1. The van der Waals surface area contributed by atoms with Gasteiger partial charge in [0.2, 0.25) is 10.0 Å². The van der Waals surface area contributed by atoms with Crippen molar-refractivity contribution >= 4 is 33.2 Å². The van der Waals surface area contributed by atoms with E-state index in [2.05, 4.69) is 47.8 Å². The number of hydrogen-bond acceptors (Lipinski definition) is 6.